The number of amides is 2. The van der Waals surface area contributed by atoms with E-state index in [1.807, 2.05) is 29.2 Å². The van der Waals surface area contributed by atoms with Crippen molar-refractivity contribution in [2.45, 2.75) is 25.9 Å². The van der Waals surface area contributed by atoms with E-state index in [4.69, 9.17) is 9.52 Å². The zero-order valence-electron chi connectivity index (χ0n) is 13.5. The minimum atomic E-state index is -1.14. The number of carbonyl (C=O) groups is 3. The Morgan fingerprint density at radius 3 is 2.52 bits per heavy atom. The van der Waals surface area contributed by atoms with Gasteiger partial charge in [0.15, 0.2) is 5.76 Å². The highest BCUT2D eigenvalue weighted by molar-refractivity contribution is 5.95. The highest BCUT2D eigenvalue weighted by Crippen LogP contribution is 2.15. The number of aromatic carboxylic acids is 1. The van der Waals surface area contributed by atoms with E-state index < -0.39 is 11.9 Å². The van der Waals surface area contributed by atoms with Gasteiger partial charge in [0.25, 0.3) is 5.91 Å². The lowest BCUT2D eigenvalue weighted by molar-refractivity contribution is -0.128. The molecule has 1 saturated heterocycles. The molecule has 0 saturated carbocycles. The zero-order chi connectivity index (χ0) is 17.8. The molecule has 0 spiro atoms. The molecule has 7 heteroatoms. The molecule has 7 nitrogen and oxygen atoms in total. The molecule has 0 bridgehead atoms. The second-order valence-corrected chi connectivity index (χ2v) is 5.92. The number of benzene rings is 1. The van der Waals surface area contributed by atoms with Crippen LogP contribution in [-0.4, -0.2) is 34.3 Å². The Kier molecular flexibility index (Phi) is 4.83. The third kappa shape index (κ3) is 4.06. The first-order valence-electron chi connectivity index (χ1n) is 7.98. The van der Waals surface area contributed by atoms with Gasteiger partial charge in [0.2, 0.25) is 5.91 Å². The van der Waals surface area contributed by atoms with Crippen LogP contribution in [0.4, 0.5) is 0 Å². The molecule has 0 aliphatic carbocycles. The van der Waals surface area contributed by atoms with Crippen LogP contribution < -0.4 is 5.32 Å². The Hall–Kier alpha value is -3.09. The van der Waals surface area contributed by atoms with E-state index in [9.17, 15) is 14.4 Å². The van der Waals surface area contributed by atoms with E-state index in [0.717, 1.165) is 30.4 Å². The average Bonchev–Trinajstić information content (AvgIpc) is 3.24. The molecule has 0 unspecified atom stereocenters. The summed E-state index contributed by atoms with van der Waals surface area (Å²) in [6, 6.07) is 8.83. The first-order valence-corrected chi connectivity index (χ1v) is 7.98. The molecule has 130 valence electrons. The van der Waals surface area contributed by atoms with Crippen LogP contribution in [0.2, 0.25) is 0 Å². The van der Waals surface area contributed by atoms with Crippen LogP contribution in [0.25, 0.3) is 0 Å². The Labute approximate surface area is 144 Å². The first kappa shape index (κ1) is 16.8. The van der Waals surface area contributed by atoms with Gasteiger partial charge in [-0.2, -0.15) is 0 Å². The van der Waals surface area contributed by atoms with Gasteiger partial charge in [0, 0.05) is 32.1 Å². The number of hydrogen-bond acceptors (Lipinski definition) is 4. The second kappa shape index (κ2) is 7.21. The van der Waals surface area contributed by atoms with Crippen molar-refractivity contribution in [3.8, 4) is 0 Å². The fraction of sp³-hybridized carbons (Fsp3) is 0.278. The van der Waals surface area contributed by atoms with E-state index in [2.05, 4.69) is 5.32 Å². The van der Waals surface area contributed by atoms with E-state index in [1.54, 1.807) is 0 Å². The fourth-order valence-electron chi connectivity index (χ4n) is 2.69. The third-order valence-electron chi connectivity index (χ3n) is 4.09. The van der Waals surface area contributed by atoms with Crippen LogP contribution >= 0.6 is 0 Å². The van der Waals surface area contributed by atoms with E-state index >= 15 is 0 Å². The molecule has 25 heavy (non-hydrogen) atoms. The Morgan fingerprint density at radius 2 is 1.92 bits per heavy atom. The average molecular weight is 342 g/mol. The maximum atomic E-state index is 11.9. The van der Waals surface area contributed by atoms with Gasteiger partial charge in [0.05, 0.1) is 5.56 Å². The summed E-state index contributed by atoms with van der Waals surface area (Å²) in [6.07, 6.45) is 2.57. The minimum Gasteiger partial charge on any atom is -0.478 e. The van der Waals surface area contributed by atoms with Gasteiger partial charge < -0.3 is 19.7 Å². The van der Waals surface area contributed by atoms with E-state index in [1.165, 1.54) is 6.07 Å². The molecule has 1 aliphatic rings. The van der Waals surface area contributed by atoms with Crippen LogP contribution in [-0.2, 0) is 17.9 Å². The maximum absolute atomic E-state index is 11.9. The monoisotopic (exact) mass is 342 g/mol. The summed E-state index contributed by atoms with van der Waals surface area (Å²) in [5, 5.41) is 11.5. The number of carboxylic acid groups (broad SMARTS) is 1. The van der Waals surface area contributed by atoms with Crippen LogP contribution in [0.1, 0.15) is 44.9 Å². The lowest BCUT2D eigenvalue weighted by Crippen LogP contribution is -2.24. The summed E-state index contributed by atoms with van der Waals surface area (Å²) < 4.78 is 4.95. The predicted molar refractivity (Wildman–Crippen MR) is 87.9 cm³/mol. The number of rotatable bonds is 6. The molecule has 3 rings (SSSR count). The van der Waals surface area contributed by atoms with Gasteiger partial charge in [-0.1, -0.05) is 24.3 Å². The van der Waals surface area contributed by atoms with Gasteiger partial charge in [-0.05, 0) is 17.5 Å². The lowest BCUT2D eigenvalue weighted by Gasteiger charge is -2.15. The van der Waals surface area contributed by atoms with E-state index in [0.29, 0.717) is 19.5 Å². The molecule has 1 aliphatic heterocycles. The van der Waals surface area contributed by atoms with Crippen molar-refractivity contribution in [1.29, 1.82) is 0 Å². The largest absolute Gasteiger partial charge is 0.478 e. The molecule has 2 heterocycles. The quantitative estimate of drug-likeness (QED) is 0.837. The number of nitrogens with one attached hydrogen (secondary N) is 1. The van der Waals surface area contributed by atoms with Crippen molar-refractivity contribution in [2.75, 3.05) is 6.54 Å². The number of carbonyl (C=O) groups excluding carboxylic acids is 2. The highest BCUT2D eigenvalue weighted by Gasteiger charge is 2.19. The number of nitrogens with zero attached hydrogens (tertiary/aromatic N) is 1. The van der Waals surface area contributed by atoms with Crippen LogP contribution in [0, 0.1) is 0 Å². The molecule has 2 amide bonds. The normalized spacial score (nSPS) is 13.9. The Morgan fingerprint density at radius 1 is 1.20 bits per heavy atom. The molecule has 1 aromatic heterocycles. The van der Waals surface area contributed by atoms with Crippen molar-refractivity contribution in [2.24, 2.45) is 0 Å². The van der Waals surface area contributed by atoms with Gasteiger partial charge in [0.1, 0.15) is 6.26 Å². The summed E-state index contributed by atoms with van der Waals surface area (Å²) in [7, 11) is 0. The Balaban J connectivity index is 1.53. The van der Waals surface area contributed by atoms with Crippen molar-refractivity contribution < 1.29 is 23.9 Å². The summed E-state index contributed by atoms with van der Waals surface area (Å²) in [5.74, 6) is -1.47. The first-order chi connectivity index (χ1) is 12.0. The predicted octanol–water partition coefficient (Wildman–Crippen LogP) is 2.03. The van der Waals surface area contributed by atoms with Crippen molar-refractivity contribution in [3.05, 3.63) is 59.0 Å². The van der Waals surface area contributed by atoms with E-state index in [-0.39, 0.29) is 17.2 Å². The summed E-state index contributed by atoms with van der Waals surface area (Å²) >= 11 is 0. The molecule has 0 atom stereocenters. The topological polar surface area (TPSA) is 99.8 Å². The lowest BCUT2D eigenvalue weighted by atomic mass is 10.1. The van der Waals surface area contributed by atoms with Gasteiger partial charge in [-0.3, -0.25) is 9.59 Å². The van der Waals surface area contributed by atoms with Crippen LogP contribution in [0.5, 0.6) is 0 Å². The van der Waals surface area contributed by atoms with Crippen molar-refractivity contribution >= 4 is 17.8 Å². The smallest absolute Gasteiger partial charge is 0.338 e. The Bertz CT molecular complexity index is 794. The molecule has 2 N–H and O–H groups in total. The van der Waals surface area contributed by atoms with Crippen LogP contribution in [0.15, 0.2) is 41.0 Å². The molecule has 0 radical (unpaired) electrons. The number of furan rings is 1. The highest BCUT2D eigenvalue weighted by atomic mass is 16.4. The second-order valence-electron chi connectivity index (χ2n) is 5.92. The van der Waals surface area contributed by atoms with Crippen molar-refractivity contribution in [3.63, 3.8) is 0 Å². The number of likely N-dealkylation sites (tertiary alicyclic amines) is 1. The molecule has 1 fully saturated rings. The summed E-state index contributed by atoms with van der Waals surface area (Å²) in [6.45, 7) is 1.71. The zero-order valence-corrected chi connectivity index (χ0v) is 13.5. The number of carboxylic acids is 1. The van der Waals surface area contributed by atoms with Gasteiger partial charge in [-0.15, -0.1) is 0 Å². The molecular weight excluding hydrogens is 324 g/mol. The third-order valence-corrected chi connectivity index (χ3v) is 4.09. The molecule has 1 aromatic carbocycles. The van der Waals surface area contributed by atoms with Gasteiger partial charge >= 0.3 is 5.97 Å². The fourth-order valence-corrected chi connectivity index (χ4v) is 2.69. The van der Waals surface area contributed by atoms with Crippen molar-refractivity contribution in [1.82, 2.24) is 10.2 Å². The SMILES string of the molecule is O=C(O)c1coc(C(=O)NCc2ccc(CN3CCCC3=O)cc2)c1. The molecule has 2 aromatic rings. The standard InChI is InChI=1S/C18H18N2O5/c21-16-2-1-7-20(16)10-13-5-3-12(4-6-13)9-19-17(22)15-8-14(11-25-15)18(23)24/h3-6,8,11H,1-2,7,9-10H2,(H,19,22)(H,23,24). The summed E-state index contributed by atoms with van der Waals surface area (Å²) in [4.78, 5) is 36.2. The van der Waals surface area contributed by atoms with Gasteiger partial charge in [-0.25, -0.2) is 4.79 Å². The maximum Gasteiger partial charge on any atom is 0.338 e. The van der Waals surface area contributed by atoms with Crippen LogP contribution in [0.3, 0.4) is 0 Å². The minimum absolute atomic E-state index is 0.0402. The summed E-state index contributed by atoms with van der Waals surface area (Å²) in [5.41, 5.74) is 1.88. The molecular formula is C18H18N2O5. The number of hydrogen-bond donors (Lipinski definition) is 2.